The number of aliphatic carboxylic acids is 3. The zero-order chi connectivity index (χ0) is 39.2. The molecule has 9 heteroatoms. The monoisotopic (exact) mass is 960 g/mol. The van der Waals surface area contributed by atoms with Crippen LogP contribution in [-0.2, 0) is 93.0 Å². The van der Waals surface area contributed by atoms with Gasteiger partial charge in [-0.2, -0.15) is 36.4 Å². The van der Waals surface area contributed by atoms with Gasteiger partial charge in [-0.3, -0.25) is 0 Å². The standard InChI is InChI=1S/3C10H9.3C5H10O2.3Zr/c3*1-8-6-7-9-4-2-3-5-10(8)9;3*1-5(2,3)4(6)7;;;/h3*2-7H,1H3;3*1-3H3,(H,6,7);;;/q3*-1;;;;3*+2/p-3. The van der Waals surface area contributed by atoms with E-state index in [0.717, 1.165) is 0 Å². The topological polar surface area (TPSA) is 120 Å². The average molecular weight is 965 g/mol. The van der Waals surface area contributed by atoms with Crippen molar-refractivity contribution in [3.8, 4) is 0 Å². The van der Waals surface area contributed by atoms with Crippen LogP contribution in [0.4, 0.5) is 0 Å². The first-order chi connectivity index (χ1) is 23.5. The number of carbonyl (C=O) groups is 3. The minimum absolute atomic E-state index is 0. The Bertz CT molecular complexity index is 1750. The van der Waals surface area contributed by atoms with Crippen LogP contribution in [0.2, 0.25) is 0 Å². The summed E-state index contributed by atoms with van der Waals surface area (Å²) in [7, 11) is 0. The third-order valence-corrected chi connectivity index (χ3v) is 7.53. The molecule has 0 fully saturated rings. The van der Waals surface area contributed by atoms with E-state index in [-0.39, 0.29) is 78.6 Å². The van der Waals surface area contributed by atoms with Crippen LogP contribution in [0.25, 0.3) is 32.3 Å². The molecule has 0 saturated heterocycles. The number of hydrogen-bond donors (Lipinski definition) is 0. The number of hydrogen-bond acceptors (Lipinski definition) is 6. The Hall–Kier alpha value is -2.45. The normalized spacial score (nSPS) is 10.2. The number of fused-ring (bicyclic) bond motifs is 3. The van der Waals surface area contributed by atoms with Crippen LogP contribution in [-0.4, -0.2) is 17.9 Å². The van der Waals surface area contributed by atoms with E-state index in [1.165, 1.54) is 49.0 Å². The molecule has 0 aliphatic carbocycles. The molecule has 0 aliphatic rings. The molecule has 0 bridgehead atoms. The van der Waals surface area contributed by atoms with Gasteiger partial charge in [-0.1, -0.05) is 101 Å². The summed E-state index contributed by atoms with van der Waals surface area (Å²) in [6, 6.07) is 38.3. The summed E-state index contributed by atoms with van der Waals surface area (Å²) in [5, 5.41) is 37.9. The predicted molar refractivity (Wildman–Crippen MR) is 206 cm³/mol. The first-order valence-electron chi connectivity index (χ1n) is 16.9. The van der Waals surface area contributed by atoms with E-state index in [2.05, 4.69) is 130 Å². The molecule has 6 nitrogen and oxygen atoms in total. The summed E-state index contributed by atoms with van der Waals surface area (Å²) in [4.78, 5) is 29.7. The Morgan fingerprint density at radius 1 is 0.389 bits per heavy atom. The molecule has 0 radical (unpaired) electrons. The number of aryl methyl sites for hydroxylation is 3. The molecule has 0 saturated carbocycles. The van der Waals surface area contributed by atoms with Crippen LogP contribution in [0.1, 0.15) is 79.0 Å². The zero-order valence-corrected chi connectivity index (χ0v) is 41.2. The van der Waals surface area contributed by atoms with Crippen molar-refractivity contribution in [3.05, 3.63) is 126 Å². The van der Waals surface area contributed by atoms with Crippen molar-refractivity contribution in [1.29, 1.82) is 0 Å². The average Bonchev–Trinajstić information content (AvgIpc) is 3.74. The Morgan fingerprint density at radius 3 is 0.704 bits per heavy atom. The predicted octanol–water partition coefficient (Wildman–Crippen LogP) is 7.94. The fraction of sp³-hybridized carbons (Fsp3) is 0.333. The van der Waals surface area contributed by atoms with Crippen molar-refractivity contribution in [3.63, 3.8) is 0 Å². The summed E-state index contributed by atoms with van der Waals surface area (Å²) in [6.45, 7) is 20.8. The molecule has 0 atom stereocenters. The number of benzene rings is 3. The first kappa shape index (κ1) is 55.9. The van der Waals surface area contributed by atoms with E-state index in [4.69, 9.17) is 0 Å². The zero-order valence-electron chi connectivity index (χ0n) is 33.8. The number of carbonyl (C=O) groups excluding carboxylic acids is 3. The van der Waals surface area contributed by atoms with Gasteiger partial charge in [-0.15, -0.1) is 104 Å². The van der Waals surface area contributed by atoms with Crippen LogP contribution in [0, 0.1) is 37.0 Å². The van der Waals surface area contributed by atoms with Crippen molar-refractivity contribution in [2.75, 3.05) is 0 Å². The fourth-order valence-electron chi connectivity index (χ4n) is 3.92. The Morgan fingerprint density at radius 2 is 0.556 bits per heavy atom. The third-order valence-electron chi connectivity index (χ3n) is 7.53. The molecule has 54 heavy (non-hydrogen) atoms. The van der Waals surface area contributed by atoms with E-state index < -0.39 is 34.2 Å². The SMILES string of the molecule is CC(C)(C)C(=O)[O-].CC(C)(C)C(=O)[O-].CC(C)(C)C(=O)[O-].C[c-]1ccc2ccccc21.C[c-]1ccc2ccccc21.C[c-]1ccc2ccccc21.[Zr+2].[Zr+2].[Zr+2]. The van der Waals surface area contributed by atoms with Crippen LogP contribution < -0.4 is 15.3 Å². The molecule has 0 heterocycles. The Balaban J connectivity index is -0.000000578. The van der Waals surface area contributed by atoms with Crippen molar-refractivity contribution in [2.45, 2.75) is 83.1 Å². The van der Waals surface area contributed by atoms with Gasteiger partial charge in [-0.05, 0) is 0 Å². The molecule has 6 aromatic carbocycles. The van der Waals surface area contributed by atoms with Gasteiger partial charge in [0.25, 0.3) is 0 Å². The smallest absolute Gasteiger partial charge is 0.550 e. The van der Waals surface area contributed by atoms with Crippen molar-refractivity contribution in [2.24, 2.45) is 16.2 Å². The number of rotatable bonds is 0. The molecule has 0 N–H and O–H groups in total. The molecule has 0 amide bonds. The van der Waals surface area contributed by atoms with Crippen LogP contribution in [0.3, 0.4) is 0 Å². The summed E-state index contributed by atoms with van der Waals surface area (Å²) < 4.78 is 0. The molecule has 0 aromatic heterocycles. The Kier molecular flexibility index (Phi) is 26.6. The van der Waals surface area contributed by atoms with Gasteiger partial charge in [0.1, 0.15) is 0 Å². The van der Waals surface area contributed by atoms with Gasteiger partial charge < -0.3 is 29.7 Å². The number of carboxylic acids is 3. The van der Waals surface area contributed by atoms with E-state index in [9.17, 15) is 29.7 Å². The summed E-state index contributed by atoms with van der Waals surface area (Å²) in [5.41, 5.74) is 2.03. The van der Waals surface area contributed by atoms with Crippen molar-refractivity contribution in [1.82, 2.24) is 0 Å². The summed E-state index contributed by atoms with van der Waals surface area (Å²) in [5.74, 6) is -3.02. The fourth-order valence-corrected chi connectivity index (χ4v) is 3.92. The molecule has 0 aliphatic heterocycles. The van der Waals surface area contributed by atoms with Gasteiger partial charge in [0, 0.05) is 34.2 Å². The molecule has 0 unspecified atom stereocenters. The minimum atomic E-state index is -1.01. The van der Waals surface area contributed by atoms with Gasteiger partial charge in [0.05, 0.1) is 0 Å². The first-order valence-corrected chi connectivity index (χ1v) is 16.9. The second-order valence-corrected chi connectivity index (χ2v) is 15.4. The second kappa shape index (κ2) is 25.7. The second-order valence-electron chi connectivity index (χ2n) is 15.4. The van der Waals surface area contributed by atoms with E-state index in [1.54, 1.807) is 62.3 Å². The van der Waals surface area contributed by atoms with Crippen LogP contribution in [0.15, 0.2) is 109 Å². The Labute approximate surface area is 380 Å². The molecule has 6 rings (SSSR count). The van der Waals surface area contributed by atoms with E-state index >= 15 is 0 Å². The molecule has 6 aromatic rings. The maximum atomic E-state index is 9.91. The maximum absolute atomic E-state index is 9.91. The number of carboxylic acid groups (broad SMARTS) is 3. The van der Waals surface area contributed by atoms with Crippen molar-refractivity contribution >= 4 is 50.2 Å². The maximum Gasteiger partial charge on any atom is 2.00 e. The van der Waals surface area contributed by atoms with Crippen molar-refractivity contribution < 1.29 is 108 Å². The van der Waals surface area contributed by atoms with Crippen LogP contribution >= 0.6 is 0 Å². The largest absolute Gasteiger partial charge is 2.00 e. The van der Waals surface area contributed by atoms with Gasteiger partial charge in [0.15, 0.2) is 0 Å². The molecule has 0 spiro atoms. The van der Waals surface area contributed by atoms with Gasteiger partial charge in [-0.25, -0.2) is 0 Å². The summed E-state index contributed by atoms with van der Waals surface area (Å²) >= 11 is 0. The molecular formula is C45H54O6Zr3. The quantitative estimate of drug-likeness (QED) is 0.143. The summed E-state index contributed by atoms with van der Waals surface area (Å²) in [6.07, 6.45) is 0. The van der Waals surface area contributed by atoms with Crippen LogP contribution in [0.5, 0.6) is 0 Å². The van der Waals surface area contributed by atoms with E-state index in [0.29, 0.717) is 0 Å². The molecule has 282 valence electrons. The minimum Gasteiger partial charge on any atom is -0.550 e. The van der Waals surface area contributed by atoms with E-state index in [1.807, 2.05) is 0 Å². The third kappa shape index (κ3) is 20.5. The van der Waals surface area contributed by atoms with Gasteiger partial charge in [0.2, 0.25) is 0 Å². The molecular weight excluding hydrogens is 910 g/mol. The van der Waals surface area contributed by atoms with Gasteiger partial charge >= 0.3 is 78.6 Å².